The average Bonchev–Trinajstić information content (AvgIpc) is 3.17. The Morgan fingerprint density at radius 2 is 2.07 bits per heavy atom. The van der Waals surface area contributed by atoms with E-state index in [1.165, 1.54) is 30.1 Å². The minimum Gasteiger partial charge on any atom is -0.302 e. The van der Waals surface area contributed by atoms with Crippen molar-refractivity contribution < 1.29 is 9.72 Å². The SMILES string of the molecule is CCn1c(SCC(=O)N/N=C\c2ccc(Cl)c([N+](=O)[O-])c2)nnc1-c1ccccc1. The number of nitro groups is 1. The first-order valence-corrected chi connectivity index (χ1v) is 10.2. The van der Waals surface area contributed by atoms with Crippen LogP contribution < -0.4 is 5.43 Å². The summed E-state index contributed by atoms with van der Waals surface area (Å²) in [5.41, 5.74) is 3.55. The molecule has 0 aliphatic rings. The Hall–Kier alpha value is -3.24. The van der Waals surface area contributed by atoms with Crippen LogP contribution in [0.15, 0.2) is 58.8 Å². The van der Waals surface area contributed by atoms with Crippen LogP contribution in [0.4, 0.5) is 5.69 Å². The molecule has 0 radical (unpaired) electrons. The second-order valence-electron chi connectivity index (χ2n) is 5.97. The summed E-state index contributed by atoms with van der Waals surface area (Å²) in [5, 5.41) is 23.8. The molecule has 3 aromatic rings. The number of carbonyl (C=O) groups is 1. The van der Waals surface area contributed by atoms with Gasteiger partial charge in [-0.15, -0.1) is 10.2 Å². The van der Waals surface area contributed by atoms with Gasteiger partial charge in [0.2, 0.25) is 0 Å². The van der Waals surface area contributed by atoms with E-state index in [4.69, 9.17) is 11.6 Å². The van der Waals surface area contributed by atoms with E-state index in [1.807, 2.05) is 41.8 Å². The molecule has 1 heterocycles. The molecular weight excluding hydrogens is 428 g/mol. The number of carbonyl (C=O) groups excluding carboxylic acids is 1. The maximum Gasteiger partial charge on any atom is 0.288 e. The molecule has 1 N–H and O–H groups in total. The maximum absolute atomic E-state index is 12.1. The standard InChI is InChI=1S/C19H17ClN6O3S/c1-2-25-18(14-6-4-3-5-7-14)23-24-19(25)30-12-17(27)22-21-11-13-8-9-15(20)16(10-13)26(28)29/h3-11H,2,12H2,1H3,(H,22,27)/b21-11-. The van der Waals surface area contributed by atoms with Gasteiger partial charge in [-0.25, -0.2) is 5.43 Å². The van der Waals surface area contributed by atoms with Crippen LogP contribution in [0.25, 0.3) is 11.4 Å². The highest BCUT2D eigenvalue weighted by Gasteiger charge is 2.14. The van der Waals surface area contributed by atoms with Gasteiger partial charge in [0.1, 0.15) is 5.02 Å². The Morgan fingerprint density at radius 1 is 1.30 bits per heavy atom. The number of rotatable bonds is 8. The molecule has 0 aliphatic heterocycles. The summed E-state index contributed by atoms with van der Waals surface area (Å²) in [6.45, 7) is 2.64. The third-order valence-corrected chi connectivity index (χ3v) is 5.25. The third kappa shape index (κ3) is 5.22. The molecule has 2 aromatic carbocycles. The molecule has 1 aromatic heterocycles. The van der Waals surface area contributed by atoms with E-state index in [0.29, 0.717) is 17.3 Å². The molecule has 11 heteroatoms. The van der Waals surface area contributed by atoms with Crippen molar-refractivity contribution in [1.82, 2.24) is 20.2 Å². The van der Waals surface area contributed by atoms with Gasteiger partial charge in [0, 0.05) is 23.7 Å². The summed E-state index contributed by atoms with van der Waals surface area (Å²) in [6.07, 6.45) is 1.31. The number of thioether (sulfide) groups is 1. The van der Waals surface area contributed by atoms with Crippen LogP contribution in [0.5, 0.6) is 0 Å². The van der Waals surface area contributed by atoms with Crippen molar-refractivity contribution in [2.24, 2.45) is 5.10 Å². The lowest BCUT2D eigenvalue weighted by atomic mass is 10.2. The molecule has 154 valence electrons. The van der Waals surface area contributed by atoms with Crippen molar-refractivity contribution in [3.8, 4) is 11.4 Å². The number of hydrogen-bond acceptors (Lipinski definition) is 7. The smallest absolute Gasteiger partial charge is 0.288 e. The predicted molar refractivity (Wildman–Crippen MR) is 116 cm³/mol. The summed E-state index contributed by atoms with van der Waals surface area (Å²) in [7, 11) is 0. The van der Waals surface area contributed by atoms with Crippen molar-refractivity contribution in [3.05, 3.63) is 69.2 Å². The molecule has 0 unspecified atom stereocenters. The topological polar surface area (TPSA) is 115 Å². The third-order valence-electron chi connectivity index (χ3n) is 3.97. The summed E-state index contributed by atoms with van der Waals surface area (Å²) in [6, 6.07) is 13.9. The molecule has 30 heavy (non-hydrogen) atoms. The summed E-state index contributed by atoms with van der Waals surface area (Å²) < 4.78 is 1.93. The number of benzene rings is 2. The molecule has 1 amide bonds. The van der Waals surface area contributed by atoms with E-state index in [2.05, 4.69) is 20.7 Å². The van der Waals surface area contributed by atoms with Crippen LogP contribution in [0.3, 0.4) is 0 Å². The highest BCUT2D eigenvalue weighted by molar-refractivity contribution is 7.99. The number of nitrogens with zero attached hydrogens (tertiary/aromatic N) is 5. The van der Waals surface area contributed by atoms with Gasteiger partial charge in [-0.05, 0) is 13.0 Å². The number of aromatic nitrogens is 3. The van der Waals surface area contributed by atoms with Gasteiger partial charge < -0.3 is 4.57 Å². The molecule has 9 nitrogen and oxygen atoms in total. The number of nitrogens with one attached hydrogen (secondary N) is 1. The number of nitro benzene ring substituents is 1. The summed E-state index contributed by atoms with van der Waals surface area (Å²) >= 11 is 7.02. The Labute approximate surface area is 181 Å². The summed E-state index contributed by atoms with van der Waals surface area (Å²) in [5.74, 6) is 0.486. The number of amides is 1. The Bertz CT molecular complexity index is 1090. The van der Waals surface area contributed by atoms with Crippen molar-refractivity contribution in [1.29, 1.82) is 0 Å². The number of hydrazone groups is 1. The molecule has 0 saturated heterocycles. The fraction of sp³-hybridized carbons (Fsp3) is 0.158. The lowest BCUT2D eigenvalue weighted by Crippen LogP contribution is -2.20. The minimum atomic E-state index is -0.581. The fourth-order valence-corrected chi connectivity index (χ4v) is 3.55. The zero-order chi connectivity index (χ0) is 21.5. The van der Waals surface area contributed by atoms with Crippen molar-refractivity contribution in [3.63, 3.8) is 0 Å². The van der Waals surface area contributed by atoms with Crippen LogP contribution in [0, 0.1) is 10.1 Å². The quantitative estimate of drug-likeness (QED) is 0.245. The fourth-order valence-electron chi connectivity index (χ4n) is 2.57. The first kappa shape index (κ1) is 21.5. The van der Waals surface area contributed by atoms with E-state index in [0.717, 1.165) is 11.4 Å². The molecular formula is C19H17ClN6O3S. The van der Waals surface area contributed by atoms with Gasteiger partial charge in [-0.1, -0.05) is 59.8 Å². The highest BCUT2D eigenvalue weighted by atomic mass is 35.5. The molecule has 0 aliphatic carbocycles. The van der Waals surface area contributed by atoms with Gasteiger partial charge in [0.25, 0.3) is 11.6 Å². The van der Waals surface area contributed by atoms with Crippen LogP contribution in [0.2, 0.25) is 5.02 Å². The zero-order valence-electron chi connectivity index (χ0n) is 15.9. The van der Waals surface area contributed by atoms with Gasteiger partial charge in [-0.2, -0.15) is 5.10 Å². The molecule has 0 atom stereocenters. The molecule has 0 bridgehead atoms. The van der Waals surface area contributed by atoms with E-state index >= 15 is 0 Å². The second-order valence-corrected chi connectivity index (χ2v) is 7.32. The van der Waals surface area contributed by atoms with Gasteiger partial charge >= 0.3 is 0 Å². The minimum absolute atomic E-state index is 0.0347. The normalized spacial score (nSPS) is 11.0. The van der Waals surface area contributed by atoms with E-state index < -0.39 is 4.92 Å². The maximum atomic E-state index is 12.1. The van der Waals surface area contributed by atoms with E-state index in [1.54, 1.807) is 6.07 Å². The summed E-state index contributed by atoms with van der Waals surface area (Å²) in [4.78, 5) is 22.4. The zero-order valence-corrected chi connectivity index (χ0v) is 17.4. The number of hydrogen-bond donors (Lipinski definition) is 1. The average molecular weight is 445 g/mol. The van der Waals surface area contributed by atoms with Crippen LogP contribution in [-0.4, -0.2) is 37.6 Å². The van der Waals surface area contributed by atoms with Gasteiger partial charge in [0.05, 0.1) is 16.9 Å². The molecule has 0 saturated carbocycles. The largest absolute Gasteiger partial charge is 0.302 e. The monoisotopic (exact) mass is 444 g/mol. The Kier molecular flexibility index (Phi) is 7.15. The van der Waals surface area contributed by atoms with E-state index in [-0.39, 0.29) is 22.4 Å². The second kappa shape index (κ2) is 9.99. The predicted octanol–water partition coefficient (Wildman–Crippen LogP) is 3.77. The first-order chi connectivity index (χ1) is 14.5. The Morgan fingerprint density at radius 3 is 2.77 bits per heavy atom. The van der Waals surface area contributed by atoms with E-state index in [9.17, 15) is 14.9 Å². The van der Waals surface area contributed by atoms with Crippen molar-refractivity contribution in [2.75, 3.05) is 5.75 Å². The van der Waals surface area contributed by atoms with Crippen LogP contribution in [-0.2, 0) is 11.3 Å². The van der Waals surface area contributed by atoms with Crippen LogP contribution in [0.1, 0.15) is 12.5 Å². The lowest BCUT2D eigenvalue weighted by Gasteiger charge is -2.06. The number of halogens is 1. The molecule has 3 rings (SSSR count). The molecule has 0 spiro atoms. The van der Waals surface area contributed by atoms with Gasteiger partial charge in [-0.3, -0.25) is 14.9 Å². The Balaban J connectivity index is 1.59. The van der Waals surface area contributed by atoms with Crippen molar-refractivity contribution >= 4 is 41.2 Å². The highest BCUT2D eigenvalue weighted by Crippen LogP contribution is 2.25. The lowest BCUT2D eigenvalue weighted by molar-refractivity contribution is -0.384. The van der Waals surface area contributed by atoms with Crippen molar-refractivity contribution in [2.45, 2.75) is 18.6 Å². The first-order valence-electron chi connectivity index (χ1n) is 8.87. The van der Waals surface area contributed by atoms with Gasteiger partial charge in [0.15, 0.2) is 11.0 Å². The van der Waals surface area contributed by atoms with Crippen LogP contribution >= 0.6 is 23.4 Å². The molecule has 0 fully saturated rings.